The quantitative estimate of drug-likeness (QED) is 0.0744. The van der Waals surface area contributed by atoms with Crippen LogP contribution in [0.4, 0.5) is 35.3 Å². The van der Waals surface area contributed by atoms with E-state index in [1.165, 1.54) is 17.9 Å². The van der Waals surface area contributed by atoms with E-state index in [1.54, 1.807) is 68.2 Å². The number of nitrogens with one attached hydrogen (secondary N) is 3. The van der Waals surface area contributed by atoms with E-state index in [2.05, 4.69) is 38.0 Å². The van der Waals surface area contributed by atoms with Gasteiger partial charge in [0.2, 0.25) is 17.7 Å². The van der Waals surface area contributed by atoms with E-state index < -0.39 is 71.5 Å². The number of aryl methyl sites for hydroxylation is 1. The van der Waals surface area contributed by atoms with E-state index in [0.717, 1.165) is 36.9 Å². The highest BCUT2D eigenvalue weighted by molar-refractivity contribution is 6.10. The number of alkyl halides is 3. The first-order valence-electron chi connectivity index (χ1n) is 24.9. The second-order valence-corrected chi connectivity index (χ2v) is 20.0. The molecular weight excluding hydrogens is 980 g/mol. The van der Waals surface area contributed by atoms with Gasteiger partial charge in [0, 0.05) is 62.6 Å². The summed E-state index contributed by atoms with van der Waals surface area (Å²) in [5.41, 5.74) is -0.201. The maximum absolute atomic E-state index is 14.9. The zero-order valence-corrected chi connectivity index (χ0v) is 42.5. The Hall–Kier alpha value is -7.45. The summed E-state index contributed by atoms with van der Waals surface area (Å²) in [5.74, 6) is -2.79. The molecule has 4 N–H and O–H groups in total. The van der Waals surface area contributed by atoms with E-state index in [0.29, 0.717) is 40.5 Å². The van der Waals surface area contributed by atoms with Gasteiger partial charge in [-0.2, -0.15) is 18.4 Å². The predicted molar refractivity (Wildman–Crippen MR) is 266 cm³/mol. The van der Waals surface area contributed by atoms with E-state index >= 15 is 0 Å². The van der Waals surface area contributed by atoms with Gasteiger partial charge in [0.15, 0.2) is 0 Å². The molecular formula is C52H62F3N11O9. The molecule has 2 saturated heterocycles. The van der Waals surface area contributed by atoms with Crippen molar-refractivity contribution in [3.8, 4) is 6.07 Å². The van der Waals surface area contributed by atoms with Crippen molar-refractivity contribution in [1.82, 2.24) is 35.3 Å². The molecule has 3 aliphatic rings. The van der Waals surface area contributed by atoms with Crippen LogP contribution < -0.4 is 25.8 Å². The summed E-state index contributed by atoms with van der Waals surface area (Å²) < 4.78 is 58.0. The van der Waals surface area contributed by atoms with Crippen molar-refractivity contribution in [2.24, 2.45) is 18.9 Å². The summed E-state index contributed by atoms with van der Waals surface area (Å²) >= 11 is 0. The molecule has 3 atom stereocenters. The largest absolute Gasteiger partial charge is 0.481 e. The van der Waals surface area contributed by atoms with Gasteiger partial charge in [-0.3, -0.25) is 38.7 Å². The van der Waals surface area contributed by atoms with Crippen molar-refractivity contribution >= 4 is 53.0 Å². The molecule has 20 nitrogen and oxygen atoms in total. The lowest BCUT2D eigenvalue weighted by Gasteiger charge is -2.42. The van der Waals surface area contributed by atoms with Gasteiger partial charge in [0.1, 0.15) is 42.5 Å². The number of carbonyl (C=O) groups excluding carboxylic acids is 5. The lowest BCUT2D eigenvalue weighted by Crippen LogP contribution is -2.53. The van der Waals surface area contributed by atoms with Crippen LogP contribution in [0.25, 0.3) is 0 Å². The van der Waals surface area contributed by atoms with Gasteiger partial charge in [-0.15, -0.1) is 10.2 Å². The number of halogens is 3. The Balaban J connectivity index is 1.09. The molecule has 5 amide bonds. The number of nitrogens with zero attached hydrogens (tertiary/aromatic N) is 8. The third-order valence-electron chi connectivity index (χ3n) is 13.6. The topological polar surface area (TPSA) is 254 Å². The van der Waals surface area contributed by atoms with Gasteiger partial charge >= 0.3 is 18.2 Å². The number of amides is 5. The highest BCUT2D eigenvalue weighted by Gasteiger charge is 2.45. The standard InChI is InChI=1S/C52H62F3N11O9/c1-31(2)46(61-44(67)10-6-11-45(68)69)48(71)58-33(4)47(70)59-37-14-12-34(13-15-37)27-75-50(73)65(18-8-16-56)41-21-36(51(28-74-29-51)23-43-62-57-30-63(43)5)22-42(60-41)66-26-39-38(49(66)72)19-35(20-40(39)52(53,54)55)25-64-17-7-9-32(3)24-64/h12-15,19-22,30-33,46H,6-11,17-18,23-29H2,1-5H3,(H,58,71)(H,59,70)(H,61,67)(H,68,69)/t32-,33-,46-/m0/s1. The SMILES string of the molecule is CC(C)[C@H](NC(=O)CCCC(=O)O)C(=O)N[C@@H](C)C(=O)Nc1ccc(COC(=O)N(CCC#N)c2cc(C3(Cc4nncn4C)COC3)cc(N3Cc4c(cc(CN5CCC[C@H](C)C5)cc4C(F)(F)F)C3=O)n2)cc1. The number of carbonyl (C=O) groups is 6. The highest BCUT2D eigenvalue weighted by Crippen LogP contribution is 2.43. The first kappa shape index (κ1) is 55.3. The molecule has 75 heavy (non-hydrogen) atoms. The normalized spacial score (nSPS) is 17.0. The summed E-state index contributed by atoms with van der Waals surface area (Å²) in [7, 11) is 1.78. The molecule has 23 heteroatoms. The zero-order chi connectivity index (χ0) is 54.2. The van der Waals surface area contributed by atoms with Crippen molar-refractivity contribution in [1.29, 1.82) is 5.26 Å². The average molecular weight is 1040 g/mol. The second kappa shape index (κ2) is 23.8. The third-order valence-corrected chi connectivity index (χ3v) is 13.6. The van der Waals surface area contributed by atoms with Crippen LogP contribution in [-0.2, 0) is 73.4 Å². The highest BCUT2D eigenvalue weighted by atomic mass is 19.4. The number of benzene rings is 2. The van der Waals surface area contributed by atoms with Gasteiger partial charge in [0.05, 0.1) is 37.8 Å². The number of hydrogen-bond donors (Lipinski definition) is 4. The molecule has 2 fully saturated rings. The molecule has 0 bridgehead atoms. The van der Waals surface area contributed by atoms with Crippen LogP contribution in [0, 0.1) is 23.2 Å². The van der Waals surface area contributed by atoms with Gasteiger partial charge in [-0.1, -0.05) is 32.9 Å². The maximum atomic E-state index is 14.9. The number of aromatic nitrogens is 4. The van der Waals surface area contributed by atoms with E-state index in [1.807, 2.05) is 6.07 Å². The van der Waals surface area contributed by atoms with Crippen LogP contribution in [0.5, 0.6) is 0 Å². The Kier molecular flexibility index (Phi) is 17.6. The fourth-order valence-corrected chi connectivity index (χ4v) is 9.43. The maximum Gasteiger partial charge on any atom is 0.416 e. The summed E-state index contributed by atoms with van der Waals surface area (Å²) in [6.07, 6.45) is -2.23. The number of likely N-dealkylation sites (tertiary alicyclic amines) is 1. The zero-order valence-electron chi connectivity index (χ0n) is 42.5. The minimum Gasteiger partial charge on any atom is -0.481 e. The molecule has 0 unspecified atom stereocenters. The number of anilines is 3. The minimum absolute atomic E-state index is 0.0229. The van der Waals surface area contributed by atoms with E-state index in [-0.39, 0.29) is 87.3 Å². The van der Waals surface area contributed by atoms with Crippen molar-refractivity contribution in [2.75, 3.05) is 48.0 Å². The fraction of sp³-hybridized carbons (Fsp3) is 0.500. The molecule has 7 rings (SSSR count). The number of fused-ring (bicyclic) bond motifs is 1. The summed E-state index contributed by atoms with van der Waals surface area (Å²) in [4.78, 5) is 87.3. The summed E-state index contributed by atoms with van der Waals surface area (Å²) in [6, 6.07) is 12.2. The number of carboxylic acid groups (broad SMARTS) is 1. The number of pyridine rings is 1. The van der Waals surface area contributed by atoms with Crippen LogP contribution in [0.15, 0.2) is 54.9 Å². The summed E-state index contributed by atoms with van der Waals surface area (Å²) in [6.45, 7) is 8.16. The fourth-order valence-electron chi connectivity index (χ4n) is 9.43. The van der Waals surface area contributed by atoms with Gasteiger partial charge in [-0.05, 0) is 103 Å². The van der Waals surface area contributed by atoms with Gasteiger partial charge in [0.25, 0.3) is 5.91 Å². The first-order valence-corrected chi connectivity index (χ1v) is 24.9. The molecule has 0 radical (unpaired) electrons. The lowest BCUT2D eigenvalue weighted by molar-refractivity contribution is -0.138. The van der Waals surface area contributed by atoms with E-state index in [4.69, 9.17) is 19.6 Å². The number of piperidine rings is 1. The Morgan fingerprint density at radius 2 is 1.77 bits per heavy atom. The summed E-state index contributed by atoms with van der Waals surface area (Å²) in [5, 5.41) is 34.8. The molecule has 2 aromatic heterocycles. The molecule has 3 aliphatic heterocycles. The molecule has 0 aliphatic carbocycles. The first-order chi connectivity index (χ1) is 35.6. The number of nitriles is 1. The number of rotatable bonds is 21. The molecule has 400 valence electrons. The number of hydrogen-bond acceptors (Lipinski definition) is 13. The van der Waals surface area contributed by atoms with Crippen molar-refractivity contribution < 1.29 is 56.5 Å². The average Bonchev–Trinajstić information content (AvgIpc) is 3.91. The molecule has 5 heterocycles. The van der Waals surface area contributed by atoms with Gasteiger partial charge < -0.3 is 35.1 Å². The molecule has 2 aromatic carbocycles. The predicted octanol–water partition coefficient (Wildman–Crippen LogP) is 6.03. The number of aliphatic carboxylic acids is 1. The van der Waals surface area contributed by atoms with Crippen LogP contribution >= 0.6 is 0 Å². The molecule has 0 spiro atoms. The number of carboxylic acids is 1. The van der Waals surface area contributed by atoms with Crippen LogP contribution in [-0.4, -0.2) is 110 Å². The second-order valence-electron chi connectivity index (χ2n) is 20.0. The van der Waals surface area contributed by atoms with E-state index in [9.17, 15) is 47.2 Å². The molecule has 0 saturated carbocycles. The van der Waals surface area contributed by atoms with Gasteiger partial charge in [-0.25, -0.2) is 9.78 Å². The van der Waals surface area contributed by atoms with Crippen molar-refractivity contribution in [3.63, 3.8) is 0 Å². The minimum atomic E-state index is -4.77. The smallest absolute Gasteiger partial charge is 0.416 e. The van der Waals surface area contributed by atoms with Crippen LogP contribution in [0.1, 0.15) is 110 Å². The van der Waals surface area contributed by atoms with Crippen molar-refractivity contribution in [2.45, 2.75) is 116 Å². The monoisotopic (exact) mass is 1040 g/mol. The molecule has 4 aromatic rings. The lowest BCUT2D eigenvalue weighted by atomic mass is 9.75. The Morgan fingerprint density at radius 1 is 1.03 bits per heavy atom. The Morgan fingerprint density at radius 3 is 2.40 bits per heavy atom. The van der Waals surface area contributed by atoms with Crippen LogP contribution in [0.3, 0.4) is 0 Å². The van der Waals surface area contributed by atoms with Crippen LogP contribution in [0.2, 0.25) is 0 Å². The number of ether oxygens (including phenoxy) is 2. The third kappa shape index (κ3) is 13.6. The Bertz CT molecular complexity index is 2810. The van der Waals surface area contributed by atoms with Crippen molar-refractivity contribution in [3.05, 3.63) is 94.1 Å². The Labute approximate surface area is 431 Å².